The molecule has 0 fully saturated rings. The smallest absolute Gasteiger partial charge is 0.223 e. The number of methoxy groups -OCH3 is 1. The van der Waals surface area contributed by atoms with E-state index in [2.05, 4.69) is 0 Å². The zero-order chi connectivity index (χ0) is 17.5. The van der Waals surface area contributed by atoms with E-state index in [1.807, 2.05) is 48.5 Å². The van der Waals surface area contributed by atoms with Crippen molar-refractivity contribution in [1.29, 1.82) is 0 Å². The summed E-state index contributed by atoms with van der Waals surface area (Å²) in [5.41, 5.74) is 8.05. The van der Waals surface area contributed by atoms with Gasteiger partial charge in [0.2, 0.25) is 5.91 Å². The number of hydrogen-bond acceptors (Lipinski definition) is 4. The molecule has 1 unspecified atom stereocenters. The van der Waals surface area contributed by atoms with Crippen LogP contribution in [0.15, 0.2) is 48.5 Å². The van der Waals surface area contributed by atoms with Gasteiger partial charge >= 0.3 is 0 Å². The normalized spacial score (nSPS) is 11.7. The first-order chi connectivity index (χ1) is 11.5. The maximum atomic E-state index is 11.8. The maximum absolute atomic E-state index is 11.8. The van der Waals surface area contributed by atoms with Crippen LogP contribution in [0.2, 0.25) is 0 Å². The van der Waals surface area contributed by atoms with E-state index in [1.54, 1.807) is 21.2 Å². The molecule has 0 spiro atoms. The highest BCUT2D eigenvalue weighted by atomic mass is 16.5. The minimum atomic E-state index is -0.378. The van der Waals surface area contributed by atoms with Crippen LogP contribution in [0.1, 0.15) is 23.6 Å². The lowest BCUT2D eigenvalue weighted by molar-refractivity contribution is -0.129. The molecular weight excluding hydrogens is 304 g/mol. The summed E-state index contributed by atoms with van der Waals surface area (Å²) in [5.74, 6) is 1.25. The standard InChI is InChI=1S/C19H24N2O3/c1-21(2)19(22)12-16(20)15-9-10-17(18(11-15)23-3)24-13-14-7-5-4-6-8-14/h4-11,16H,12-13,20H2,1-3H3. The van der Waals surface area contributed by atoms with Crippen LogP contribution in [0, 0.1) is 0 Å². The molecule has 0 saturated carbocycles. The van der Waals surface area contributed by atoms with Gasteiger partial charge < -0.3 is 20.1 Å². The number of benzene rings is 2. The van der Waals surface area contributed by atoms with E-state index in [1.165, 1.54) is 4.90 Å². The summed E-state index contributed by atoms with van der Waals surface area (Å²) >= 11 is 0. The monoisotopic (exact) mass is 328 g/mol. The molecule has 2 rings (SSSR count). The maximum Gasteiger partial charge on any atom is 0.223 e. The largest absolute Gasteiger partial charge is 0.493 e. The molecule has 0 saturated heterocycles. The first-order valence-corrected chi connectivity index (χ1v) is 7.81. The predicted molar refractivity (Wildman–Crippen MR) is 94.0 cm³/mol. The molecule has 0 radical (unpaired) electrons. The van der Waals surface area contributed by atoms with Gasteiger partial charge in [-0.05, 0) is 23.3 Å². The van der Waals surface area contributed by atoms with Crippen LogP contribution in [-0.2, 0) is 11.4 Å². The van der Waals surface area contributed by atoms with E-state index in [-0.39, 0.29) is 18.4 Å². The van der Waals surface area contributed by atoms with Crippen molar-refractivity contribution in [3.05, 3.63) is 59.7 Å². The van der Waals surface area contributed by atoms with Gasteiger partial charge in [0.25, 0.3) is 0 Å². The summed E-state index contributed by atoms with van der Waals surface area (Å²) in [7, 11) is 5.03. The van der Waals surface area contributed by atoms with Gasteiger partial charge in [0, 0.05) is 26.6 Å². The van der Waals surface area contributed by atoms with E-state index < -0.39 is 0 Å². The minimum absolute atomic E-state index is 0.00845. The molecule has 0 aliphatic carbocycles. The molecule has 1 amide bonds. The van der Waals surface area contributed by atoms with Crippen LogP contribution in [0.4, 0.5) is 0 Å². The van der Waals surface area contributed by atoms with Crippen LogP contribution in [0.3, 0.4) is 0 Å². The fourth-order valence-electron chi connectivity index (χ4n) is 2.26. The fourth-order valence-corrected chi connectivity index (χ4v) is 2.26. The highest BCUT2D eigenvalue weighted by Gasteiger charge is 2.15. The van der Waals surface area contributed by atoms with Gasteiger partial charge in [-0.3, -0.25) is 4.79 Å². The van der Waals surface area contributed by atoms with Gasteiger partial charge in [-0.2, -0.15) is 0 Å². The predicted octanol–water partition coefficient (Wildman–Crippen LogP) is 2.75. The average Bonchev–Trinajstić information content (AvgIpc) is 2.60. The number of nitrogens with two attached hydrogens (primary N) is 1. The number of hydrogen-bond donors (Lipinski definition) is 1. The average molecular weight is 328 g/mol. The van der Waals surface area contributed by atoms with Gasteiger partial charge in [0.1, 0.15) is 6.61 Å². The van der Waals surface area contributed by atoms with Crippen LogP contribution in [0.5, 0.6) is 11.5 Å². The Hall–Kier alpha value is -2.53. The van der Waals surface area contributed by atoms with Crippen molar-refractivity contribution in [2.45, 2.75) is 19.1 Å². The van der Waals surface area contributed by atoms with Crippen molar-refractivity contribution in [2.24, 2.45) is 5.73 Å². The number of carbonyl (C=O) groups is 1. The fraction of sp³-hybridized carbons (Fsp3) is 0.316. The molecule has 5 heteroatoms. The Kier molecular flexibility index (Phi) is 6.21. The second-order valence-corrected chi connectivity index (χ2v) is 5.78. The molecule has 2 aromatic rings. The summed E-state index contributed by atoms with van der Waals surface area (Å²) in [6.07, 6.45) is 0.250. The van der Waals surface area contributed by atoms with Crippen LogP contribution in [-0.4, -0.2) is 32.0 Å². The second-order valence-electron chi connectivity index (χ2n) is 5.78. The molecule has 2 aromatic carbocycles. The molecule has 1 atom stereocenters. The third-order valence-corrected chi connectivity index (χ3v) is 3.75. The summed E-state index contributed by atoms with van der Waals surface area (Å²) in [4.78, 5) is 13.3. The SMILES string of the molecule is COc1cc(C(N)CC(=O)N(C)C)ccc1OCc1ccccc1. The summed E-state index contributed by atoms with van der Waals surface area (Å²) in [6.45, 7) is 0.460. The van der Waals surface area contributed by atoms with Crippen molar-refractivity contribution in [1.82, 2.24) is 4.90 Å². The quantitative estimate of drug-likeness (QED) is 0.849. The Morgan fingerprint density at radius 1 is 1.12 bits per heavy atom. The van der Waals surface area contributed by atoms with E-state index in [0.29, 0.717) is 18.1 Å². The highest BCUT2D eigenvalue weighted by Crippen LogP contribution is 2.31. The summed E-state index contributed by atoms with van der Waals surface area (Å²) in [6, 6.07) is 15.1. The van der Waals surface area contributed by atoms with E-state index >= 15 is 0 Å². The number of nitrogens with zero attached hydrogens (tertiary/aromatic N) is 1. The Morgan fingerprint density at radius 3 is 2.46 bits per heavy atom. The Labute approximate surface area is 143 Å². The first-order valence-electron chi connectivity index (χ1n) is 7.81. The van der Waals surface area contributed by atoms with E-state index in [0.717, 1.165) is 11.1 Å². The molecule has 2 N–H and O–H groups in total. The summed E-state index contributed by atoms with van der Waals surface area (Å²) in [5, 5.41) is 0. The Morgan fingerprint density at radius 2 is 1.83 bits per heavy atom. The number of amides is 1. The first kappa shape index (κ1) is 17.8. The van der Waals surface area contributed by atoms with Crippen molar-refractivity contribution < 1.29 is 14.3 Å². The molecular formula is C19H24N2O3. The molecule has 0 aromatic heterocycles. The molecule has 128 valence electrons. The number of rotatable bonds is 7. The molecule has 0 aliphatic heterocycles. The van der Waals surface area contributed by atoms with E-state index in [4.69, 9.17) is 15.2 Å². The van der Waals surface area contributed by atoms with Gasteiger partial charge in [0.15, 0.2) is 11.5 Å². The zero-order valence-corrected chi connectivity index (χ0v) is 14.4. The van der Waals surface area contributed by atoms with Crippen molar-refractivity contribution in [3.8, 4) is 11.5 Å². The Bertz CT molecular complexity index is 672. The van der Waals surface area contributed by atoms with Crippen LogP contribution < -0.4 is 15.2 Å². The van der Waals surface area contributed by atoms with Crippen molar-refractivity contribution >= 4 is 5.91 Å². The molecule has 0 aliphatic rings. The van der Waals surface area contributed by atoms with Crippen LogP contribution >= 0.6 is 0 Å². The molecule has 24 heavy (non-hydrogen) atoms. The molecule has 0 heterocycles. The molecule has 5 nitrogen and oxygen atoms in total. The van der Waals surface area contributed by atoms with Gasteiger partial charge in [-0.1, -0.05) is 36.4 Å². The zero-order valence-electron chi connectivity index (χ0n) is 14.4. The van der Waals surface area contributed by atoms with Gasteiger partial charge in [-0.25, -0.2) is 0 Å². The number of ether oxygens (including phenoxy) is 2. The van der Waals surface area contributed by atoms with Crippen LogP contribution in [0.25, 0.3) is 0 Å². The lowest BCUT2D eigenvalue weighted by atomic mass is 10.0. The minimum Gasteiger partial charge on any atom is -0.493 e. The topological polar surface area (TPSA) is 64.8 Å². The highest BCUT2D eigenvalue weighted by molar-refractivity contribution is 5.76. The lowest BCUT2D eigenvalue weighted by Gasteiger charge is -2.17. The summed E-state index contributed by atoms with van der Waals surface area (Å²) < 4.78 is 11.2. The second kappa shape index (κ2) is 8.36. The third-order valence-electron chi connectivity index (χ3n) is 3.75. The molecule has 0 bridgehead atoms. The third kappa shape index (κ3) is 4.73. The van der Waals surface area contributed by atoms with Gasteiger partial charge in [-0.15, -0.1) is 0 Å². The van der Waals surface area contributed by atoms with Crippen molar-refractivity contribution in [3.63, 3.8) is 0 Å². The van der Waals surface area contributed by atoms with Gasteiger partial charge in [0.05, 0.1) is 7.11 Å². The lowest BCUT2D eigenvalue weighted by Crippen LogP contribution is -2.26. The number of carbonyl (C=O) groups excluding carboxylic acids is 1. The van der Waals surface area contributed by atoms with Crippen molar-refractivity contribution in [2.75, 3.05) is 21.2 Å². The Balaban J connectivity index is 2.08. The van der Waals surface area contributed by atoms with E-state index in [9.17, 15) is 4.79 Å².